The summed E-state index contributed by atoms with van der Waals surface area (Å²) in [5.74, 6) is 0.737. The molecular formula is C16H27N3O4S. The van der Waals surface area contributed by atoms with Gasteiger partial charge in [0.05, 0.1) is 37.0 Å². The third-order valence-electron chi connectivity index (χ3n) is 4.75. The molecule has 0 aromatic carbocycles. The topological polar surface area (TPSA) is 73.7 Å². The van der Waals surface area contributed by atoms with E-state index in [0.29, 0.717) is 38.6 Å². The minimum absolute atomic E-state index is 0.0114. The number of hydrogen-bond acceptors (Lipinski definition) is 5. The zero-order valence-corrected chi connectivity index (χ0v) is 15.1. The van der Waals surface area contributed by atoms with Crippen molar-refractivity contribution in [2.75, 3.05) is 38.7 Å². The SMILES string of the molecule is CCCS(=O)(=O)N1Cc2cncn2C(COCC2CCOCC2)C1. The Morgan fingerprint density at radius 2 is 2.12 bits per heavy atom. The van der Waals surface area contributed by atoms with Crippen LogP contribution in [0, 0.1) is 5.92 Å². The number of aromatic nitrogens is 2. The van der Waals surface area contributed by atoms with Crippen molar-refractivity contribution in [3.8, 4) is 0 Å². The number of ether oxygens (including phenoxy) is 2. The molecule has 24 heavy (non-hydrogen) atoms. The molecule has 0 bridgehead atoms. The first-order chi connectivity index (χ1) is 11.6. The Bertz CT molecular complexity index is 625. The van der Waals surface area contributed by atoms with Crippen LogP contribution in [-0.2, 0) is 26.0 Å². The van der Waals surface area contributed by atoms with Gasteiger partial charge in [0.25, 0.3) is 0 Å². The first kappa shape index (κ1) is 17.8. The molecule has 8 heteroatoms. The second kappa shape index (κ2) is 7.95. The first-order valence-corrected chi connectivity index (χ1v) is 10.3. The van der Waals surface area contributed by atoms with E-state index in [-0.39, 0.29) is 11.8 Å². The lowest BCUT2D eigenvalue weighted by atomic mass is 10.0. The van der Waals surface area contributed by atoms with Crippen molar-refractivity contribution in [2.45, 2.75) is 38.8 Å². The molecule has 2 aliphatic rings. The van der Waals surface area contributed by atoms with Crippen molar-refractivity contribution < 1.29 is 17.9 Å². The van der Waals surface area contributed by atoms with Gasteiger partial charge in [0.15, 0.2) is 0 Å². The van der Waals surface area contributed by atoms with Gasteiger partial charge in [0.1, 0.15) is 0 Å². The molecule has 1 aromatic heterocycles. The Hall–Kier alpha value is -0.960. The van der Waals surface area contributed by atoms with Gasteiger partial charge < -0.3 is 14.0 Å². The standard InChI is InChI=1S/C16H27N3O4S/c1-2-7-24(20,21)18-9-15-8-17-13-19(15)16(10-18)12-23-11-14-3-5-22-6-4-14/h8,13-14,16H,2-7,9-12H2,1H3. The van der Waals surface area contributed by atoms with Gasteiger partial charge in [-0.25, -0.2) is 13.4 Å². The molecule has 1 unspecified atom stereocenters. The van der Waals surface area contributed by atoms with Gasteiger partial charge >= 0.3 is 0 Å². The summed E-state index contributed by atoms with van der Waals surface area (Å²) in [6.45, 7) is 5.60. The smallest absolute Gasteiger partial charge is 0.214 e. The number of fused-ring (bicyclic) bond motifs is 1. The third kappa shape index (κ3) is 4.17. The lowest BCUT2D eigenvalue weighted by molar-refractivity contribution is 0.00914. The van der Waals surface area contributed by atoms with Crippen molar-refractivity contribution in [1.82, 2.24) is 13.9 Å². The molecule has 1 atom stereocenters. The van der Waals surface area contributed by atoms with Crippen LogP contribution in [0.2, 0.25) is 0 Å². The number of hydrogen-bond donors (Lipinski definition) is 0. The number of imidazole rings is 1. The minimum Gasteiger partial charge on any atom is -0.381 e. The zero-order valence-electron chi connectivity index (χ0n) is 14.3. The summed E-state index contributed by atoms with van der Waals surface area (Å²) in [6, 6.07) is -0.0114. The molecule has 0 spiro atoms. The normalized spacial score (nSPS) is 23.3. The Balaban J connectivity index is 1.61. The number of nitrogens with zero attached hydrogens (tertiary/aromatic N) is 3. The van der Waals surface area contributed by atoms with E-state index in [1.807, 2.05) is 6.92 Å². The monoisotopic (exact) mass is 357 g/mol. The molecule has 1 fully saturated rings. The molecule has 0 radical (unpaired) electrons. The maximum atomic E-state index is 12.4. The maximum absolute atomic E-state index is 12.4. The Morgan fingerprint density at radius 3 is 2.88 bits per heavy atom. The molecule has 2 aliphatic heterocycles. The van der Waals surface area contributed by atoms with E-state index in [1.165, 1.54) is 0 Å². The molecular weight excluding hydrogens is 330 g/mol. The number of sulfonamides is 1. The lowest BCUT2D eigenvalue weighted by Crippen LogP contribution is -2.43. The van der Waals surface area contributed by atoms with Crippen LogP contribution in [0.1, 0.15) is 37.9 Å². The van der Waals surface area contributed by atoms with Crippen LogP contribution >= 0.6 is 0 Å². The summed E-state index contributed by atoms with van der Waals surface area (Å²) in [5, 5.41) is 0. The van der Waals surface area contributed by atoms with E-state index in [0.717, 1.165) is 31.7 Å². The summed E-state index contributed by atoms with van der Waals surface area (Å²) in [6.07, 6.45) is 6.24. The highest BCUT2D eigenvalue weighted by molar-refractivity contribution is 7.89. The van der Waals surface area contributed by atoms with E-state index >= 15 is 0 Å². The molecule has 7 nitrogen and oxygen atoms in total. The van der Waals surface area contributed by atoms with Crippen molar-refractivity contribution in [3.05, 3.63) is 18.2 Å². The van der Waals surface area contributed by atoms with E-state index in [1.54, 1.807) is 16.8 Å². The lowest BCUT2D eigenvalue weighted by Gasteiger charge is -2.34. The second-order valence-electron chi connectivity index (χ2n) is 6.65. The van der Waals surface area contributed by atoms with Crippen molar-refractivity contribution >= 4 is 10.0 Å². The average molecular weight is 357 g/mol. The summed E-state index contributed by atoms with van der Waals surface area (Å²) in [5.41, 5.74) is 0.931. The molecule has 0 amide bonds. The fourth-order valence-electron chi connectivity index (χ4n) is 3.37. The maximum Gasteiger partial charge on any atom is 0.214 e. The van der Waals surface area contributed by atoms with Gasteiger partial charge in [0.2, 0.25) is 10.0 Å². The minimum atomic E-state index is -3.21. The van der Waals surface area contributed by atoms with Gasteiger partial charge in [0, 0.05) is 32.6 Å². The fourth-order valence-corrected chi connectivity index (χ4v) is 4.87. The fraction of sp³-hybridized carbons (Fsp3) is 0.812. The van der Waals surface area contributed by atoms with Crippen LogP contribution in [0.4, 0.5) is 0 Å². The second-order valence-corrected chi connectivity index (χ2v) is 8.74. The largest absolute Gasteiger partial charge is 0.381 e. The highest BCUT2D eigenvalue weighted by Crippen LogP contribution is 2.24. The van der Waals surface area contributed by atoms with Crippen molar-refractivity contribution in [1.29, 1.82) is 0 Å². The molecule has 0 N–H and O–H groups in total. The van der Waals surface area contributed by atoms with Gasteiger partial charge in [-0.05, 0) is 25.2 Å². The quantitative estimate of drug-likeness (QED) is 0.738. The molecule has 0 saturated carbocycles. The first-order valence-electron chi connectivity index (χ1n) is 8.74. The highest BCUT2D eigenvalue weighted by atomic mass is 32.2. The zero-order chi connectivity index (χ0) is 17.0. The molecule has 1 saturated heterocycles. The van der Waals surface area contributed by atoms with Crippen LogP contribution in [-0.4, -0.2) is 61.0 Å². The molecule has 136 valence electrons. The number of rotatable bonds is 7. The third-order valence-corrected chi connectivity index (χ3v) is 6.74. The summed E-state index contributed by atoms with van der Waals surface area (Å²) in [7, 11) is -3.21. The van der Waals surface area contributed by atoms with Crippen LogP contribution < -0.4 is 0 Å². The molecule has 3 heterocycles. The molecule has 1 aromatic rings. The Labute approximate surface area is 144 Å². The highest BCUT2D eigenvalue weighted by Gasteiger charge is 2.32. The predicted molar refractivity (Wildman–Crippen MR) is 90.1 cm³/mol. The van der Waals surface area contributed by atoms with Crippen LogP contribution in [0.3, 0.4) is 0 Å². The van der Waals surface area contributed by atoms with Crippen molar-refractivity contribution in [3.63, 3.8) is 0 Å². The van der Waals surface area contributed by atoms with Gasteiger partial charge in [-0.2, -0.15) is 4.31 Å². The summed E-state index contributed by atoms with van der Waals surface area (Å²) >= 11 is 0. The molecule has 0 aliphatic carbocycles. The van der Waals surface area contributed by atoms with Gasteiger partial charge in [-0.1, -0.05) is 6.92 Å². The van der Waals surface area contributed by atoms with E-state index in [4.69, 9.17) is 9.47 Å². The summed E-state index contributed by atoms with van der Waals surface area (Å²) < 4.78 is 39.8. The van der Waals surface area contributed by atoms with E-state index in [2.05, 4.69) is 9.55 Å². The van der Waals surface area contributed by atoms with E-state index < -0.39 is 10.0 Å². The Kier molecular flexibility index (Phi) is 5.91. The van der Waals surface area contributed by atoms with Crippen LogP contribution in [0.25, 0.3) is 0 Å². The van der Waals surface area contributed by atoms with E-state index in [9.17, 15) is 8.42 Å². The van der Waals surface area contributed by atoms with Gasteiger partial charge in [-0.15, -0.1) is 0 Å². The van der Waals surface area contributed by atoms with Crippen LogP contribution in [0.5, 0.6) is 0 Å². The average Bonchev–Trinajstić information content (AvgIpc) is 3.04. The van der Waals surface area contributed by atoms with Crippen molar-refractivity contribution in [2.24, 2.45) is 5.92 Å². The summed E-state index contributed by atoms with van der Waals surface area (Å²) in [4.78, 5) is 4.18. The molecule has 3 rings (SSSR count). The van der Waals surface area contributed by atoms with Gasteiger partial charge in [-0.3, -0.25) is 0 Å². The van der Waals surface area contributed by atoms with Crippen LogP contribution in [0.15, 0.2) is 12.5 Å². The Morgan fingerprint density at radius 1 is 1.33 bits per heavy atom. The predicted octanol–water partition coefficient (Wildman–Crippen LogP) is 1.42.